The van der Waals surface area contributed by atoms with E-state index in [9.17, 15) is 4.79 Å². The monoisotopic (exact) mass is 214 g/mol. The van der Waals surface area contributed by atoms with E-state index in [0.29, 0.717) is 6.42 Å². The fourth-order valence-electron chi connectivity index (χ4n) is 1.16. The van der Waals surface area contributed by atoms with Crippen LogP contribution in [0.1, 0.15) is 18.9 Å². The van der Waals surface area contributed by atoms with Crippen LogP contribution in [-0.4, -0.2) is 12.1 Å². The first kappa shape index (κ1) is 12.1. The van der Waals surface area contributed by atoms with Crippen LogP contribution in [0, 0.1) is 11.8 Å². The summed E-state index contributed by atoms with van der Waals surface area (Å²) in [6, 6.07) is 9.67. The molecule has 0 bridgehead atoms. The molecule has 1 aromatic carbocycles. The van der Waals surface area contributed by atoms with E-state index in [1.807, 2.05) is 30.3 Å². The van der Waals surface area contributed by atoms with E-state index in [0.717, 1.165) is 5.56 Å². The van der Waals surface area contributed by atoms with E-state index < -0.39 is 0 Å². The number of benzene rings is 1. The van der Waals surface area contributed by atoms with Crippen LogP contribution in [0.15, 0.2) is 43.0 Å². The molecule has 0 aliphatic rings. The lowest BCUT2D eigenvalue weighted by atomic mass is 10.2. The minimum atomic E-state index is -0.325. The third-order valence-electron chi connectivity index (χ3n) is 1.89. The normalized spacial score (nSPS) is 10.8. The summed E-state index contributed by atoms with van der Waals surface area (Å²) >= 11 is 0. The van der Waals surface area contributed by atoms with Crippen molar-refractivity contribution in [1.29, 1.82) is 0 Å². The molecule has 0 heterocycles. The number of esters is 1. The minimum Gasteiger partial charge on any atom is -0.457 e. The molecular weight excluding hydrogens is 200 g/mol. The number of rotatable bonds is 3. The van der Waals surface area contributed by atoms with Gasteiger partial charge in [0, 0.05) is 12.5 Å². The number of carbonyl (C=O) groups is 1. The van der Waals surface area contributed by atoms with Crippen molar-refractivity contribution >= 4 is 5.97 Å². The van der Waals surface area contributed by atoms with Crippen molar-refractivity contribution < 1.29 is 9.53 Å². The van der Waals surface area contributed by atoms with Crippen molar-refractivity contribution in [2.45, 2.75) is 19.4 Å². The molecule has 0 aromatic heterocycles. The smallest absolute Gasteiger partial charge is 0.303 e. The van der Waals surface area contributed by atoms with E-state index >= 15 is 0 Å². The van der Waals surface area contributed by atoms with E-state index in [4.69, 9.17) is 4.74 Å². The molecule has 1 unspecified atom stereocenters. The SMILES string of the molecule is C=CC(CC#Cc1ccccc1)OC(C)=O. The van der Waals surface area contributed by atoms with Crippen LogP contribution in [0.25, 0.3) is 0 Å². The van der Waals surface area contributed by atoms with Crippen LogP contribution in [0.3, 0.4) is 0 Å². The van der Waals surface area contributed by atoms with Crippen LogP contribution in [0.4, 0.5) is 0 Å². The summed E-state index contributed by atoms with van der Waals surface area (Å²) < 4.78 is 4.98. The molecule has 1 atom stereocenters. The summed E-state index contributed by atoms with van der Waals surface area (Å²) in [6.07, 6.45) is 1.73. The van der Waals surface area contributed by atoms with Crippen molar-refractivity contribution in [3.63, 3.8) is 0 Å². The molecule has 0 saturated carbocycles. The lowest BCUT2D eigenvalue weighted by Gasteiger charge is -2.08. The molecule has 16 heavy (non-hydrogen) atoms. The van der Waals surface area contributed by atoms with E-state index in [1.54, 1.807) is 6.08 Å². The van der Waals surface area contributed by atoms with Gasteiger partial charge in [-0.2, -0.15) is 0 Å². The van der Waals surface area contributed by atoms with Crippen molar-refractivity contribution in [1.82, 2.24) is 0 Å². The third-order valence-corrected chi connectivity index (χ3v) is 1.89. The Balaban J connectivity index is 2.53. The van der Waals surface area contributed by atoms with Gasteiger partial charge in [0.25, 0.3) is 0 Å². The summed E-state index contributed by atoms with van der Waals surface area (Å²) in [5.41, 5.74) is 0.952. The fourth-order valence-corrected chi connectivity index (χ4v) is 1.16. The van der Waals surface area contributed by atoms with E-state index in [1.165, 1.54) is 6.92 Å². The Morgan fingerprint density at radius 3 is 2.75 bits per heavy atom. The number of carbonyl (C=O) groups excluding carboxylic acids is 1. The van der Waals surface area contributed by atoms with Crippen molar-refractivity contribution in [2.75, 3.05) is 0 Å². The molecular formula is C14H14O2. The number of hydrogen-bond donors (Lipinski definition) is 0. The van der Waals surface area contributed by atoms with Gasteiger partial charge < -0.3 is 4.74 Å². The van der Waals surface area contributed by atoms with Gasteiger partial charge in [0.1, 0.15) is 6.10 Å². The molecule has 0 radical (unpaired) electrons. The second kappa shape index (κ2) is 6.47. The van der Waals surface area contributed by atoms with Gasteiger partial charge >= 0.3 is 5.97 Å². The highest BCUT2D eigenvalue weighted by atomic mass is 16.5. The average Bonchev–Trinajstić information content (AvgIpc) is 2.28. The van der Waals surface area contributed by atoms with E-state index in [-0.39, 0.29) is 12.1 Å². The van der Waals surface area contributed by atoms with Gasteiger partial charge in [-0.05, 0) is 12.1 Å². The summed E-state index contributed by atoms with van der Waals surface area (Å²) in [6.45, 7) is 4.97. The number of ether oxygens (including phenoxy) is 1. The van der Waals surface area contributed by atoms with Crippen LogP contribution in [0.2, 0.25) is 0 Å². The first-order valence-electron chi connectivity index (χ1n) is 5.06. The van der Waals surface area contributed by atoms with Crippen LogP contribution in [-0.2, 0) is 9.53 Å². The summed E-state index contributed by atoms with van der Waals surface area (Å²) in [5, 5.41) is 0. The summed E-state index contributed by atoms with van der Waals surface area (Å²) in [4.78, 5) is 10.7. The lowest BCUT2D eigenvalue weighted by molar-refractivity contribution is -0.143. The zero-order chi connectivity index (χ0) is 11.8. The quantitative estimate of drug-likeness (QED) is 0.439. The zero-order valence-corrected chi connectivity index (χ0v) is 9.27. The Kier molecular flexibility index (Phi) is 4.88. The predicted molar refractivity (Wildman–Crippen MR) is 63.7 cm³/mol. The van der Waals surface area contributed by atoms with Crippen LogP contribution < -0.4 is 0 Å². The van der Waals surface area contributed by atoms with Crippen LogP contribution >= 0.6 is 0 Å². The van der Waals surface area contributed by atoms with Gasteiger partial charge in [-0.3, -0.25) is 4.79 Å². The summed E-state index contributed by atoms with van der Waals surface area (Å²) in [7, 11) is 0. The predicted octanol–water partition coefficient (Wildman–Crippen LogP) is 2.55. The highest BCUT2D eigenvalue weighted by Crippen LogP contribution is 2.00. The Labute approximate surface area is 95.9 Å². The fraction of sp³-hybridized carbons (Fsp3) is 0.214. The molecule has 0 spiro atoms. The van der Waals surface area contributed by atoms with Crippen molar-refractivity contribution in [2.24, 2.45) is 0 Å². The van der Waals surface area contributed by atoms with Gasteiger partial charge in [0.15, 0.2) is 0 Å². The molecule has 0 aliphatic heterocycles. The molecule has 0 saturated heterocycles. The Hall–Kier alpha value is -2.01. The van der Waals surface area contributed by atoms with Crippen molar-refractivity contribution in [3.8, 4) is 11.8 Å². The zero-order valence-electron chi connectivity index (χ0n) is 9.27. The highest BCUT2D eigenvalue weighted by Gasteiger charge is 2.04. The van der Waals surface area contributed by atoms with Gasteiger partial charge in [0.2, 0.25) is 0 Å². The molecule has 1 aromatic rings. The standard InChI is InChI=1S/C14H14O2/c1-3-14(16-12(2)15)11-7-10-13-8-5-4-6-9-13/h3-6,8-9,14H,1,11H2,2H3. The highest BCUT2D eigenvalue weighted by molar-refractivity contribution is 5.66. The number of hydrogen-bond acceptors (Lipinski definition) is 2. The van der Waals surface area contributed by atoms with Gasteiger partial charge in [-0.15, -0.1) is 0 Å². The largest absolute Gasteiger partial charge is 0.457 e. The topological polar surface area (TPSA) is 26.3 Å². The molecule has 1 rings (SSSR count). The second-order valence-corrected chi connectivity index (χ2v) is 3.26. The molecule has 0 fully saturated rings. The Morgan fingerprint density at radius 1 is 1.50 bits per heavy atom. The maximum atomic E-state index is 10.7. The Morgan fingerprint density at radius 2 is 2.19 bits per heavy atom. The molecule has 2 heteroatoms. The summed E-state index contributed by atoms with van der Waals surface area (Å²) in [5.74, 6) is 5.64. The molecule has 82 valence electrons. The van der Waals surface area contributed by atoms with Crippen molar-refractivity contribution in [3.05, 3.63) is 48.6 Å². The minimum absolute atomic E-state index is 0.314. The molecule has 0 aliphatic carbocycles. The first-order valence-corrected chi connectivity index (χ1v) is 5.06. The Bertz CT molecular complexity index is 409. The maximum Gasteiger partial charge on any atom is 0.303 e. The average molecular weight is 214 g/mol. The molecule has 0 amide bonds. The second-order valence-electron chi connectivity index (χ2n) is 3.26. The van der Waals surface area contributed by atoms with Crippen LogP contribution in [0.5, 0.6) is 0 Å². The molecule has 2 nitrogen and oxygen atoms in total. The first-order chi connectivity index (χ1) is 7.72. The third kappa shape index (κ3) is 4.47. The van der Waals surface area contributed by atoms with Gasteiger partial charge in [-0.1, -0.05) is 42.7 Å². The van der Waals surface area contributed by atoms with Gasteiger partial charge in [-0.25, -0.2) is 0 Å². The maximum absolute atomic E-state index is 10.7. The molecule has 0 N–H and O–H groups in total. The lowest BCUT2D eigenvalue weighted by Crippen LogP contribution is -2.12. The van der Waals surface area contributed by atoms with E-state index in [2.05, 4.69) is 18.4 Å². The van der Waals surface area contributed by atoms with Gasteiger partial charge in [0.05, 0.1) is 6.42 Å².